The van der Waals surface area contributed by atoms with Gasteiger partial charge in [0, 0.05) is 25.3 Å². The van der Waals surface area contributed by atoms with Crippen LogP contribution >= 0.6 is 0 Å². The van der Waals surface area contributed by atoms with Crippen LogP contribution in [0.5, 0.6) is 0 Å². The molecule has 8 heteroatoms. The van der Waals surface area contributed by atoms with Crippen molar-refractivity contribution in [2.75, 3.05) is 36.5 Å². The van der Waals surface area contributed by atoms with Crippen LogP contribution in [0.1, 0.15) is 13.3 Å². The minimum atomic E-state index is -3.63. The van der Waals surface area contributed by atoms with Gasteiger partial charge in [-0.05, 0) is 37.6 Å². The highest BCUT2D eigenvalue weighted by molar-refractivity contribution is 7.91. The van der Waals surface area contributed by atoms with E-state index in [4.69, 9.17) is 0 Å². The van der Waals surface area contributed by atoms with Crippen molar-refractivity contribution in [2.45, 2.75) is 18.2 Å². The van der Waals surface area contributed by atoms with E-state index in [-0.39, 0.29) is 29.5 Å². The molecule has 0 bridgehead atoms. The van der Waals surface area contributed by atoms with Crippen LogP contribution in [-0.2, 0) is 19.9 Å². The Bertz CT molecular complexity index is 681. The lowest BCUT2D eigenvalue weighted by atomic mass is 10.3. The lowest BCUT2D eigenvalue weighted by Crippen LogP contribution is -2.33. The number of nitrogens with one attached hydrogen (secondary N) is 1. The monoisotopic (exact) mass is 332 g/mol. The van der Waals surface area contributed by atoms with Gasteiger partial charge in [0.25, 0.3) is 0 Å². The molecule has 2 rings (SSSR count). The zero-order valence-corrected chi connectivity index (χ0v) is 13.6. The first-order valence-corrected chi connectivity index (χ1v) is 10.2. The highest BCUT2D eigenvalue weighted by Crippen LogP contribution is 2.20. The summed E-state index contributed by atoms with van der Waals surface area (Å²) in [6.45, 7) is 2.99. The molecule has 0 radical (unpaired) electrons. The average molecular weight is 332 g/mol. The van der Waals surface area contributed by atoms with Gasteiger partial charge < -0.3 is 5.32 Å². The third-order valence-electron chi connectivity index (χ3n) is 3.39. The molecular formula is C13H20N2O4S2. The Morgan fingerprint density at radius 1 is 1.14 bits per heavy atom. The van der Waals surface area contributed by atoms with E-state index >= 15 is 0 Å². The van der Waals surface area contributed by atoms with Gasteiger partial charge in [0.05, 0.1) is 16.4 Å². The largest absolute Gasteiger partial charge is 0.385 e. The second-order valence-electron chi connectivity index (χ2n) is 4.96. The fraction of sp³-hybridized carbons (Fsp3) is 0.538. The molecular weight excluding hydrogens is 312 g/mol. The lowest BCUT2D eigenvalue weighted by molar-refractivity contribution is 0.434. The van der Waals surface area contributed by atoms with Gasteiger partial charge in [0.1, 0.15) is 0 Å². The van der Waals surface area contributed by atoms with Crippen LogP contribution in [0.3, 0.4) is 0 Å². The van der Waals surface area contributed by atoms with Crippen molar-refractivity contribution in [1.82, 2.24) is 4.31 Å². The van der Waals surface area contributed by atoms with E-state index in [2.05, 4.69) is 5.32 Å². The number of hydrogen-bond acceptors (Lipinski definition) is 5. The van der Waals surface area contributed by atoms with Crippen molar-refractivity contribution in [1.29, 1.82) is 0 Å². The van der Waals surface area contributed by atoms with Gasteiger partial charge in [-0.15, -0.1) is 0 Å². The summed E-state index contributed by atoms with van der Waals surface area (Å²) in [5.41, 5.74) is 0.856. The van der Waals surface area contributed by atoms with Gasteiger partial charge in [-0.3, -0.25) is 0 Å². The standard InChI is InChI=1S/C13H20N2O4S2/c1-2-14-12-4-6-13(7-5-12)21(18,19)15-8-3-10-20(16,17)11-9-15/h4-7,14H,2-3,8-11H2,1H3. The summed E-state index contributed by atoms with van der Waals surface area (Å²) >= 11 is 0. The molecule has 0 unspecified atom stereocenters. The SMILES string of the molecule is CCNc1ccc(S(=O)(=O)N2CCCS(=O)(=O)CC2)cc1. The average Bonchev–Trinajstić information content (AvgIpc) is 2.61. The van der Waals surface area contributed by atoms with Gasteiger partial charge in [-0.1, -0.05) is 0 Å². The smallest absolute Gasteiger partial charge is 0.243 e. The van der Waals surface area contributed by atoms with Gasteiger partial charge in [0.15, 0.2) is 9.84 Å². The molecule has 1 aromatic rings. The molecule has 0 amide bonds. The van der Waals surface area contributed by atoms with Crippen LogP contribution < -0.4 is 5.32 Å². The van der Waals surface area contributed by atoms with Crippen molar-refractivity contribution in [3.8, 4) is 0 Å². The molecule has 6 nitrogen and oxygen atoms in total. The van der Waals surface area contributed by atoms with Gasteiger partial charge in [-0.25, -0.2) is 16.8 Å². The number of nitrogens with zero attached hydrogens (tertiary/aromatic N) is 1. The van der Waals surface area contributed by atoms with Crippen molar-refractivity contribution >= 4 is 25.5 Å². The van der Waals surface area contributed by atoms with E-state index in [0.717, 1.165) is 12.2 Å². The van der Waals surface area contributed by atoms with Gasteiger partial charge in [-0.2, -0.15) is 4.31 Å². The molecule has 21 heavy (non-hydrogen) atoms. The molecule has 0 atom stereocenters. The Balaban J connectivity index is 2.21. The van der Waals surface area contributed by atoms with E-state index < -0.39 is 19.9 Å². The number of anilines is 1. The molecule has 1 heterocycles. The van der Waals surface area contributed by atoms with E-state index in [1.165, 1.54) is 4.31 Å². The van der Waals surface area contributed by atoms with Crippen molar-refractivity contribution in [3.63, 3.8) is 0 Å². The molecule has 0 aromatic heterocycles. The van der Waals surface area contributed by atoms with Crippen LogP contribution in [0.15, 0.2) is 29.2 Å². The van der Waals surface area contributed by atoms with Crippen molar-refractivity contribution in [2.24, 2.45) is 0 Å². The number of rotatable bonds is 4. The zero-order valence-electron chi connectivity index (χ0n) is 11.9. The maximum atomic E-state index is 12.5. The van der Waals surface area contributed by atoms with Crippen LogP contribution in [0, 0.1) is 0 Å². The molecule has 1 fully saturated rings. The Morgan fingerprint density at radius 2 is 1.81 bits per heavy atom. The summed E-state index contributed by atoms with van der Waals surface area (Å²) in [6.07, 6.45) is 0.344. The molecule has 1 aliphatic heterocycles. The number of sulfone groups is 1. The van der Waals surface area contributed by atoms with Gasteiger partial charge >= 0.3 is 0 Å². The highest BCUT2D eigenvalue weighted by atomic mass is 32.2. The van der Waals surface area contributed by atoms with E-state index in [1.807, 2.05) is 6.92 Å². The van der Waals surface area contributed by atoms with Crippen LogP contribution in [0.4, 0.5) is 5.69 Å². The Hall–Kier alpha value is -1.12. The second-order valence-corrected chi connectivity index (χ2v) is 9.21. The summed E-state index contributed by atoms with van der Waals surface area (Å²) in [6, 6.07) is 6.52. The minimum Gasteiger partial charge on any atom is -0.385 e. The third-order valence-corrected chi connectivity index (χ3v) is 7.02. The van der Waals surface area contributed by atoms with E-state index in [9.17, 15) is 16.8 Å². The predicted octanol–water partition coefficient (Wildman–Crippen LogP) is 0.928. The third kappa shape index (κ3) is 3.96. The molecule has 1 aromatic carbocycles. The zero-order chi connectivity index (χ0) is 15.5. The molecule has 0 aliphatic carbocycles. The summed E-state index contributed by atoms with van der Waals surface area (Å²) in [7, 11) is -6.75. The fourth-order valence-electron chi connectivity index (χ4n) is 2.25. The Morgan fingerprint density at radius 3 is 2.43 bits per heavy atom. The first-order valence-electron chi connectivity index (χ1n) is 6.90. The topological polar surface area (TPSA) is 83.6 Å². The van der Waals surface area contributed by atoms with E-state index in [1.54, 1.807) is 24.3 Å². The maximum Gasteiger partial charge on any atom is 0.243 e. The maximum absolute atomic E-state index is 12.5. The van der Waals surface area contributed by atoms with Crippen LogP contribution in [0.25, 0.3) is 0 Å². The summed E-state index contributed by atoms with van der Waals surface area (Å²) in [5, 5.41) is 3.10. The van der Waals surface area contributed by atoms with Crippen molar-refractivity contribution in [3.05, 3.63) is 24.3 Å². The molecule has 1 N–H and O–H groups in total. The molecule has 0 saturated carbocycles. The summed E-state index contributed by atoms with van der Waals surface area (Å²) in [5.74, 6) is -0.0555. The van der Waals surface area contributed by atoms with Crippen LogP contribution in [0.2, 0.25) is 0 Å². The predicted molar refractivity (Wildman–Crippen MR) is 82.6 cm³/mol. The van der Waals surface area contributed by atoms with Crippen molar-refractivity contribution < 1.29 is 16.8 Å². The first kappa shape index (κ1) is 16.3. The minimum absolute atomic E-state index is 0.0274. The van der Waals surface area contributed by atoms with E-state index in [0.29, 0.717) is 6.42 Å². The molecule has 1 aliphatic rings. The second kappa shape index (κ2) is 6.33. The number of hydrogen-bond donors (Lipinski definition) is 1. The first-order chi connectivity index (χ1) is 9.85. The summed E-state index contributed by atoms with van der Waals surface area (Å²) < 4.78 is 49.5. The highest BCUT2D eigenvalue weighted by Gasteiger charge is 2.28. The molecule has 1 saturated heterocycles. The lowest BCUT2D eigenvalue weighted by Gasteiger charge is -2.19. The molecule has 0 spiro atoms. The number of sulfonamides is 1. The van der Waals surface area contributed by atoms with Crippen LogP contribution in [-0.4, -0.2) is 52.3 Å². The molecule has 118 valence electrons. The summed E-state index contributed by atoms with van der Waals surface area (Å²) in [4.78, 5) is 0.198. The Labute approximate surface area is 126 Å². The normalized spacial score (nSPS) is 19.9. The van der Waals surface area contributed by atoms with Gasteiger partial charge in [0.2, 0.25) is 10.0 Å². The Kier molecular flexibility index (Phi) is 4.90. The number of benzene rings is 1. The quantitative estimate of drug-likeness (QED) is 0.887. The fourth-order valence-corrected chi connectivity index (χ4v) is 5.12.